The van der Waals surface area contributed by atoms with Crippen LogP contribution in [0.15, 0.2) is 29.9 Å². The molecule has 4 rings (SSSR count). The predicted octanol–water partition coefficient (Wildman–Crippen LogP) is 5.38. The van der Waals surface area contributed by atoms with Crippen LogP contribution in [0.3, 0.4) is 0 Å². The van der Waals surface area contributed by atoms with E-state index < -0.39 is 24.3 Å². The highest BCUT2D eigenvalue weighted by molar-refractivity contribution is 7.17. The summed E-state index contributed by atoms with van der Waals surface area (Å²) in [6.07, 6.45) is -8.45. The Morgan fingerprint density at radius 2 is 1.46 bits per heavy atom. The van der Waals surface area contributed by atoms with Crippen LogP contribution in [0.25, 0.3) is 21.3 Å². The molecule has 1 aromatic carbocycles. The van der Waals surface area contributed by atoms with E-state index in [4.69, 9.17) is 24.8 Å². The Morgan fingerprint density at radius 1 is 0.923 bits per heavy atom. The Labute approximate surface area is 223 Å². The summed E-state index contributed by atoms with van der Waals surface area (Å²) in [5, 5.41) is 17.7. The number of fused-ring (bicyclic) bond motifs is 1. The fraction of sp³-hybridized carbons (Fsp3) is 0.417. The van der Waals surface area contributed by atoms with Crippen LogP contribution < -0.4 is 4.90 Å². The van der Waals surface area contributed by atoms with Gasteiger partial charge in [0.2, 0.25) is 0 Å². The van der Waals surface area contributed by atoms with Gasteiger partial charge in [0.1, 0.15) is 17.0 Å². The van der Waals surface area contributed by atoms with Crippen LogP contribution in [-0.4, -0.2) is 82.1 Å². The van der Waals surface area contributed by atoms with Crippen molar-refractivity contribution in [3.8, 4) is 11.1 Å². The van der Waals surface area contributed by atoms with E-state index in [0.29, 0.717) is 0 Å². The van der Waals surface area contributed by atoms with E-state index >= 15 is 0 Å². The number of anilines is 1. The number of nitrogens with zero attached hydrogens (tertiary/aromatic N) is 4. The fourth-order valence-corrected chi connectivity index (χ4v) is 4.50. The molecule has 39 heavy (non-hydrogen) atoms. The van der Waals surface area contributed by atoms with E-state index in [1.165, 1.54) is 27.6 Å². The van der Waals surface area contributed by atoms with Gasteiger partial charge in [-0.05, 0) is 31.5 Å². The zero-order chi connectivity index (χ0) is 29.5. The molecule has 0 radical (unpaired) electrons. The van der Waals surface area contributed by atoms with Crippen molar-refractivity contribution in [3.63, 3.8) is 0 Å². The molecule has 3 aromatic rings. The van der Waals surface area contributed by atoms with E-state index in [2.05, 4.69) is 59.1 Å². The van der Waals surface area contributed by atoms with Crippen molar-refractivity contribution in [2.24, 2.45) is 0 Å². The topological polar surface area (TPSA) is 107 Å². The van der Waals surface area contributed by atoms with Gasteiger partial charge >= 0.3 is 24.3 Å². The van der Waals surface area contributed by atoms with Gasteiger partial charge in [0.05, 0.1) is 5.39 Å². The monoisotopic (exact) mass is 580 g/mol. The van der Waals surface area contributed by atoms with Crippen LogP contribution in [0.4, 0.5) is 32.2 Å². The third-order valence-corrected chi connectivity index (χ3v) is 6.52. The second-order valence-corrected chi connectivity index (χ2v) is 9.23. The molecule has 3 heterocycles. The van der Waals surface area contributed by atoms with Gasteiger partial charge in [0, 0.05) is 37.1 Å². The van der Waals surface area contributed by atoms with Crippen molar-refractivity contribution in [3.05, 3.63) is 41.0 Å². The first-order valence-corrected chi connectivity index (χ1v) is 12.3. The number of thiophene rings is 1. The summed E-state index contributed by atoms with van der Waals surface area (Å²) in [5.41, 5.74) is 5.16. The van der Waals surface area contributed by atoms with Gasteiger partial charge in [-0.3, -0.25) is 0 Å². The lowest BCUT2D eigenvalue weighted by Gasteiger charge is -2.35. The minimum Gasteiger partial charge on any atom is -0.475 e. The number of benzene rings is 1. The number of carbonyl (C=O) groups is 2. The summed E-state index contributed by atoms with van der Waals surface area (Å²) in [5.74, 6) is -4.42. The van der Waals surface area contributed by atoms with Crippen LogP contribution >= 0.6 is 11.3 Å². The van der Waals surface area contributed by atoms with Gasteiger partial charge in [0.15, 0.2) is 0 Å². The summed E-state index contributed by atoms with van der Waals surface area (Å²) >= 11 is 1.72. The molecule has 0 spiro atoms. The zero-order valence-electron chi connectivity index (χ0n) is 21.1. The van der Waals surface area contributed by atoms with Crippen molar-refractivity contribution < 1.29 is 46.1 Å². The van der Waals surface area contributed by atoms with Crippen LogP contribution in [0.2, 0.25) is 0 Å². The maximum absolute atomic E-state index is 10.6. The summed E-state index contributed by atoms with van der Waals surface area (Å²) in [6.45, 7) is 12.0. The molecule has 214 valence electrons. The number of aromatic nitrogens is 2. The fourth-order valence-electron chi connectivity index (χ4n) is 3.60. The maximum atomic E-state index is 10.6. The van der Waals surface area contributed by atoms with Crippen molar-refractivity contribution in [2.45, 2.75) is 33.1 Å². The first-order chi connectivity index (χ1) is 18.1. The highest BCUT2D eigenvalue weighted by Crippen LogP contribution is 2.39. The molecule has 0 unspecified atom stereocenters. The number of halogens is 6. The lowest BCUT2D eigenvalue weighted by molar-refractivity contribution is -0.193. The Kier molecular flexibility index (Phi) is 10.6. The van der Waals surface area contributed by atoms with Gasteiger partial charge in [-0.2, -0.15) is 26.3 Å². The third kappa shape index (κ3) is 8.78. The molecular weight excluding hydrogens is 554 g/mol. The van der Waals surface area contributed by atoms with Crippen molar-refractivity contribution in [1.82, 2.24) is 14.9 Å². The molecule has 1 saturated heterocycles. The number of carboxylic acid groups (broad SMARTS) is 2. The van der Waals surface area contributed by atoms with Crippen LogP contribution in [-0.2, 0) is 9.59 Å². The quantitative estimate of drug-likeness (QED) is 0.398. The number of aryl methyl sites for hydroxylation is 2. The number of hydrogen-bond donors (Lipinski definition) is 2. The Hall–Kier alpha value is -3.46. The summed E-state index contributed by atoms with van der Waals surface area (Å²) in [7, 11) is 0. The lowest BCUT2D eigenvalue weighted by Crippen LogP contribution is -2.46. The van der Waals surface area contributed by atoms with Gasteiger partial charge < -0.3 is 20.0 Å². The van der Waals surface area contributed by atoms with Gasteiger partial charge in [-0.25, -0.2) is 19.6 Å². The molecule has 8 nitrogen and oxygen atoms in total. The molecular formula is C24H26F6N4O4S. The average molecular weight is 581 g/mol. The molecule has 1 fully saturated rings. The second kappa shape index (κ2) is 13.1. The minimum atomic E-state index is -5.08. The molecule has 0 aliphatic carbocycles. The molecule has 2 aromatic heterocycles. The van der Waals surface area contributed by atoms with Gasteiger partial charge in [0.25, 0.3) is 0 Å². The third-order valence-electron chi connectivity index (χ3n) is 5.64. The smallest absolute Gasteiger partial charge is 0.475 e. The van der Waals surface area contributed by atoms with E-state index in [9.17, 15) is 26.3 Å². The number of rotatable bonds is 3. The zero-order valence-corrected chi connectivity index (χ0v) is 21.9. The first kappa shape index (κ1) is 31.8. The molecule has 0 bridgehead atoms. The standard InChI is InChI=1S/C20H24N4S.2C2HF3O2/c1-4-23-7-9-24(10-8-23)19-18-17(12-25-20(18)22-13-21-19)16-11-14(2)5-6-15(16)3;2*3-2(4,5)1(6)7/h5-6,11-13H,4,7-10H2,1-3H3;2*(H,6,7). The Bertz CT molecular complexity index is 1260. The van der Waals surface area contributed by atoms with Crippen molar-refractivity contribution >= 4 is 39.3 Å². The number of hydrogen-bond acceptors (Lipinski definition) is 7. The largest absolute Gasteiger partial charge is 0.490 e. The van der Waals surface area contributed by atoms with E-state index in [0.717, 1.165) is 43.4 Å². The number of likely N-dealkylation sites (N-methyl/N-ethyl adjacent to an activating group) is 1. The minimum absolute atomic E-state index is 1.03. The summed E-state index contributed by atoms with van der Waals surface area (Å²) in [4.78, 5) is 33.0. The first-order valence-electron chi connectivity index (χ1n) is 11.4. The lowest BCUT2D eigenvalue weighted by atomic mass is 9.98. The molecule has 2 N–H and O–H groups in total. The molecule has 15 heteroatoms. The Balaban J connectivity index is 0.000000317. The molecule has 1 aliphatic rings. The van der Waals surface area contributed by atoms with Crippen molar-refractivity contribution in [1.29, 1.82) is 0 Å². The average Bonchev–Trinajstić information content (AvgIpc) is 3.29. The van der Waals surface area contributed by atoms with Gasteiger partial charge in [-0.15, -0.1) is 11.3 Å². The number of alkyl halides is 6. The van der Waals surface area contributed by atoms with E-state index in [1.54, 1.807) is 17.7 Å². The molecule has 0 amide bonds. The SMILES string of the molecule is CCN1CCN(c2ncnc3scc(-c4cc(C)ccc4C)c23)CC1.O=C(O)C(F)(F)F.O=C(O)C(F)(F)F. The predicted molar refractivity (Wildman–Crippen MR) is 134 cm³/mol. The normalized spacial score (nSPS) is 14.2. The number of carboxylic acids is 2. The highest BCUT2D eigenvalue weighted by Gasteiger charge is 2.38. The summed E-state index contributed by atoms with van der Waals surface area (Å²) < 4.78 is 63.5. The maximum Gasteiger partial charge on any atom is 0.490 e. The van der Waals surface area contributed by atoms with E-state index in [1.807, 2.05) is 0 Å². The molecule has 0 saturated carbocycles. The van der Waals surface area contributed by atoms with Crippen LogP contribution in [0.5, 0.6) is 0 Å². The highest BCUT2D eigenvalue weighted by atomic mass is 32.1. The number of aliphatic carboxylic acids is 2. The Morgan fingerprint density at radius 3 is 1.95 bits per heavy atom. The molecule has 0 atom stereocenters. The molecule has 1 aliphatic heterocycles. The van der Waals surface area contributed by atoms with E-state index in [-0.39, 0.29) is 0 Å². The van der Waals surface area contributed by atoms with Crippen molar-refractivity contribution in [2.75, 3.05) is 37.6 Å². The number of piperazine rings is 1. The van der Waals surface area contributed by atoms with Gasteiger partial charge in [-0.1, -0.05) is 30.7 Å². The summed E-state index contributed by atoms with van der Waals surface area (Å²) in [6, 6.07) is 6.66. The second-order valence-electron chi connectivity index (χ2n) is 8.37. The van der Waals surface area contributed by atoms with Crippen LogP contribution in [0.1, 0.15) is 18.1 Å². The van der Waals surface area contributed by atoms with Crippen LogP contribution in [0, 0.1) is 13.8 Å².